The Hall–Kier alpha value is -1.51. The number of carbonyl (C=O) groups is 2. The van der Waals surface area contributed by atoms with E-state index in [2.05, 4.69) is 38.2 Å². The number of amides is 1. The standard InChI is InChI=1S/C61H119N2O7P/c1-7-10-13-16-19-22-25-28-30-31-33-35-38-41-44-47-50-53-60(64)62-58(57-69-71(66,67)68-56-55-63(4,5)6)59(52-49-46-43-40-37-34-27-24-21-18-15-12-9-3)70-61(65)54-51-48-45-42-39-36-32-29-26-23-20-17-14-11-8-2/h23,26,49,52,58-59H,7-22,24-25,27-48,50-51,53-57H2,1-6H3,(H-,62,64,66,67)/b26-23-,52-49+. The molecule has 0 aromatic rings. The van der Waals surface area contributed by atoms with Gasteiger partial charge in [-0.25, -0.2) is 0 Å². The smallest absolute Gasteiger partial charge is 0.306 e. The summed E-state index contributed by atoms with van der Waals surface area (Å²) in [5.41, 5.74) is 0. The number of carbonyl (C=O) groups excluding carboxylic acids is 2. The Morgan fingerprint density at radius 3 is 1.21 bits per heavy atom. The molecule has 10 heteroatoms. The van der Waals surface area contributed by atoms with Crippen molar-refractivity contribution in [2.24, 2.45) is 0 Å². The molecule has 0 fully saturated rings. The van der Waals surface area contributed by atoms with Crippen molar-refractivity contribution in [3.05, 3.63) is 24.3 Å². The van der Waals surface area contributed by atoms with Gasteiger partial charge in [0.15, 0.2) is 0 Å². The lowest BCUT2D eigenvalue weighted by molar-refractivity contribution is -0.870. The van der Waals surface area contributed by atoms with E-state index in [4.69, 9.17) is 13.8 Å². The molecule has 0 rings (SSSR count). The molecule has 0 aliphatic rings. The highest BCUT2D eigenvalue weighted by atomic mass is 31.2. The fourth-order valence-corrected chi connectivity index (χ4v) is 9.83. The molecule has 0 saturated carbocycles. The largest absolute Gasteiger partial charge is 0.756 e. The van der Waals surface area contributed by atoms with Crippen molar-refractivity contribution in [1.82, 2.24) is 5.32 Å². The van der Waals surface area contributed by atoms with Crippen LogP contribution in [0, 0.1) is 0 Å². The number of phosphoric acid groups is 1. The first-order valence-corrected chi connectivity index (χ1v) is 32.1. The maximum Gasteiger partial charge on any atom is 0.306 e. The van der Waals surface area contributed by atoms with E-state index >= 15 is 0 Å². The van der Waals surface area contributed by atoms with Gasteiger partial charge in [0.25, 0.3) is 7.82 Å². The molecule has 3 atom stereocenters. The molecule has 0 aliphatic heterocycles. The Morgan fingerprint density at radius 1 is 0.479 bits per heavy atom. The molecule has 0 aromatic carbocycles. The van der Waals surface area contributed by atoms with Crippen LogP contribution in [0.5, 0.6) is 0 Å². The Morgan fingerprint density at radius 2 is 0.817 bits per heavy atom. The monoisotopic (exact) mass is 1020 g/mol. The lowest BCUT2D eigenvalue weighted by Crippen LogP contribution is -2.47. The van der Waals surface area contributed by atoms with Crippen LogP contribution in [-0.2, 0) is 27.9 Å². The van der Waals surface area contributed by atoms with Gasteiger partial charge >= 0.3 is 5.97 Å². The molecule has 0 saturated heterocycles. The van der Waals surface area contributed by atoms with E-state index < -0.39 is 20.0 Å². The zero-order chi connectivity index (χ0) is 52.2. The molecule has 1 amide bonds. The van der Waals surface area contributed by atoms with Crippen LogP contribution < -0.4 is 10.2 Å². The normalized spacial score (nSPS) is 13.8. The number of nitrogens with one attached hydrogen (secondary N) is 1. The van der Waals surface area contributed by atoms with E-state index in [1.54, 1.807) is 0 Å². The topological polar surface area (TPSA) is 114 Å². The number of likely N-dealkylation sites (N-methyl/N-ethyl adjacent to an activating group) is 1. The number of quaternary nitrogens is 1. The van der Waals surface area contributed by atoms with E-state index in [-0.39, 0.29) is 31.5 Å². The van der Waals surface area contributed by atoms with Crippen molar-refractivity contribution in [2.75, 3.05) is 40.9 Å². The van der Waals surface area contributed by atoms with Gasteiger partial charge in [0.05, 0.1) is 33.8 Å². The molecule has 420 valence electrons. The van der Waals surface area contributed by atoms with Gasteiger partial charge in [-0.3, -0.25) is 14.2 Å². The Kier molecular flexibility index (Phi) is 50.8. The number of hydrogen-bond acceptors (Lipinski definition) is 7. The highest BCUT2D eigenvalue weighted by Gasteiger charge is 2.27. The predicted octanol–water partition coefficient (Wildman–Crippen LogP) is 17.9. The van der Waals surface area contributed by atoms with Crippen molar-refractivity contribution < 1.29 is 37.3 Å². The third kappa shape index (κ3) is 53.1. The molecule has 0 aromatic heterocycles. The summed E-state index contributed by atoms with van der Waals surface area (Å²) in [6.07, 6.45) is 59.9. The van der Waals surface area contributed by atoms with Crippen LogP contribution in [0.3, 0.4) is 0 Å². The summed E-state index contributed by atoms with van der Waals surface area (Å²) < 4.78 is 30.3. The zero-order valence-corrected chi connectivity index (χ0v) is 48.8. The van der Waals surface area contributed by atoms with Gasteiger partial charge in [-0.15, -0.1) is 0 Å². The number of hydrogen-bond donors (Lipinski definition) is 1. The van der Waals surface area contributed by atoms with Crippen molar-refractivity contribution >= 4 is 19.7 Å². The second kappa shape index (κ2) is 52.0. The lowest BCUT2D eigenvalue weighted by Gasteiger charge is -2.30. The van der Waals surface area contributed by atoms with Crippen LogP contribution in [0.4, 0.5) is 0 Å². The quantitative estimate of drug-likeness (QED) is 0.0212. The zero-order valence-electron chi connectivity index (χ0n) is 48.0. The molecule has 0 aliphatic carbocycles. The molecule has 71 heavy (non-hydrogen) atoms. The SMILES string of the molecule is CCCCCC/C=C\CCCCCCCCCC(=O)OC(/C=C/CCCCCCCCCCCCC)C(COP(=O)([O-])OCC[N+](C)(C)C)NC(=O)CCCCCCCCCCCCCCCCCCC. The second-order valence-electron chi connectivity index (χ2n) is 22.2. The number of phosphoric ester groups is 1. The molecule has 0 radical (unpaired) electrons. The third-order valence-electron chi connectivity index (χ3n) is 13.9. The van der Waals surface area contributed by atoms with Crippen LogP contribution in [-0.4, -0.2) is 69.4 Å². The van der Waals surface area contributed by atoms with Crippen LogP contribution in [0.2, 0.25) is 0 Å². The van der Waals surface area contributed by atoms with Gasteiger partial charge in [-0.1, -0.05) is 257 Å². The van der Waals surface area contributed by atoms with Crippen molar-refractivity contribution in [2.45, 2.75) is 315 Å². The first-order chi connectivity index (χ1) is 34.4. The minimum atomic E-state index is -4.69. The average molecular weight is 1020 g/mol. The number of ether oxygens (including phenoxy) is 1. The molecular weight excluding hydrogens is 904 g/mol. The summed E-state index contributed by atoms with van der Waals surface area (Å²) in [4.78, 5) is 39.9. The summed E-state index contributed by atoms with van der Waals surface area (Å²) >= 11 is 0. The Bertz CT molecular complexity index is 1270. The van der Waals surface area contributed by atoms with E-state index in [0.717, 1.165) is 70.6 Å². The number of esters is 1. The maximum absolute atomic E-state index is 13.5. The fourth-order valence-electron chi connectivity index (χ4n) is 9.11. The van der Waals surface area contributed by atoms with Gasteiger partial charge in [-0.2, -0.15) is 0 Å². The first kappa shape index (κ1) is 69.5. The van der Waals surface area contributed by atoms with Crippen LogP contribution in [0.15, 0.2) is 24.3 Å². The number of allylic oxidation sites excluding steroid dienone is 3. The first-order valence-electron chi connectivity index (χ1n) is 30.6. The Labute approximate surface area is 441 Å². The number of unbranched alkanes of at least 4 members (excludes halogenated alkanes) is 38. The van der Waals surface area contributed by atoms with Gasteiger partial charge in [-0.05, 0) is 57.4 Å². The van der Waals surface area contributed by atoms with Crippen LogP contribution in [0.25, 0.3) is 0 Å². The number of rotatable bonds is 56. The second-order valence-corrected chi connectivity index (χ2v) is 23.6. The van der Waals surface area contributed by atoms with Crippen molar-refractivity contribution in [1.29, 1.82) is 0 Å². The summed E-state index contributed by atoms with van der Waals surface area (Å²) in [7, 11) is 1.20. The third-order valence-corrected chi connectivity index (χ3v) is 14.8. The number of nitrogens with zero attached hydrogens (tertiary/aromatic N) is 1. The van der Waals surface area contributed by atoms with Gasteiger partial charge in [0, 0.05) is 12.8 Å². The van der Waals surface area contributed by atoms with Crippen LogP contribution in [0.1, 0.15) is 303 Å². The van der Waals surface area contributed by atoms with E-state index in [1.165, 1.54) is 199 Å². The van der Waals surface area contributed by atoms with Gasteiger partial charge < -0.3 is 28.5 Å². The summed E-state index contributed by atoms with van der Waals surface area (Å²) in [6, 6.07) is -0.883. The van der Waals surface area contributed by atoms with Crippen molar-refractivity contribution in [3.63, 3.8) is 0 Å². The maximum atomic E-state index is 13.5. The van der Waals surface area contributed by atoms with E-state index in [0.29, 0.717) is 17.4 Å². The predicted molar refractivity (Wildman–Crippen MR) is 303 cm³/mol. The molecule has 0 heterocycles. The lowest BCUT2D eigenvalue weighted by atomic mass is 10.0. The van der Waals surface area contributed by atoms with Crippen LogP contribution >= 0.6 is 7.82 Å². The average Bonchev–Trinajstić information content (AvgIpc) is 3.33. The molecule has 9 nitrogen and oxygen atoms in total. The summed E-state index contributed by atoms with van der Waals surface area (Å²) in [5, 5.41) is 3.03. The Balaban J connectivity index is 5.29. The highest BCUT2D eigenvalue weighted by Crippen LogP contribution is 2.38. The molecular formula is C61H119N2O7P. The summed E-state index contributed by atoms with van der Waals surface area (Å²) in [5.74, 6) is -0.530. The molecule has 0 bridgehead atoms. The van der Waals surface area contributed by atoms with Crippen molar-refractivity contribution in [3.8, 4) is 0 Å². The minimum absolute atomic E-state index is 0.0194. The van der Waals surface area contributed by atoms with E-state index in [9.17, 15) is 19.0 Å². The summed E-state index contributed by atoms with van der Waals surface area (Å²) in [6.45, 7) is 6.87. The fraction of sp³-hybridized carbons (Fsp3) is 0.902. The van der Waals surface area contributed by atoms with E-state index in [1.807, 2.05) is 33.3 Å². The molecule has 0 spiro atoms. The molecule has 3 unspecified atom stereocenters. The van der Waals surface area contributed by atoms with Gasteiger partial charge in [0.2, 0.25) is 5.91 Å². The van der Waals surface area contributed by atoms with Gasteiger partial charge in [0.1, 0.15) is 19.3 Å². The minimum Gasteiger partial charge on any atom is -0.756 e. The highest BCUT2D eigenvalue weighted by molar-refractivity contribution is 7.45. The molecule has 1 N–H and O–H groups in total.